The maximum Gasteiger partial charge on any atom is 0.126 e. The molecule has 0 saturated heterocycles. The molecular weight excluding hydrogens is 288 g/mol. The number of hydrogen-bond acceptors (Lipinski definition) is 3. The highest BCUT2D eigenvalue weighted by Gasteiger charge is 2.15. The van der Waals surface area contributed by atoms with Crippen LogP contribution < -0.4 is 5.73 Å². The van der Waals surface area contributed by atoms with Crippen LogP contribution in [0.15, 0.2) is 72.9 Å². The molecule has 2 nitrogen and oxygen atoms in total. The van der Waals surface area contributed by atoms with E-state index in [4.69, 9.17) is 5.73 Å². The number of rotatable bonds is 2. The fourth-order valence-corrected chi connectivity index (χ4v) is 3.80. The lowest BCUT2D eigenvalue weighted by Crippen LogP contribution is -1.88. The molecule has 0 aliphatic heterocycles. The zero-order chi connectivity index (χ0) is 14.9. The molecule has 0 saturated carbocycles. The monoisotopic (exact) mass is 302 g/mol. The maximum absolute atomic E-state index is 6.48. The minimum absolute atomic E-state index is 0.818. The minimum atomic E-state index is 0.818. The van der Waals surface area contributed by atoms with Crippen molar-refractivity contribution >= 4 is 27.2 Å². The Hall–Kier alpha value is -2.65. The van der Waals surface area contributed by atoms with Crippen molar-refractivity contribution in [3.8, 4) is 21.6 Å². The average Bonchev–Trinajstić information content (AvgIpc) is 2.94. The number of hydrogen-bond donors (Lipinski definition) is 1. The zero-order valence-corrected chi connectivity index (χ0v) is 12.7. The number of nitrogens with zero attached hydrogens (tertiary/aromatic N) is 1. The Morgan fingerprint density at radius 3 is 2.09 bits per heavy atom. The summed E-state index contributed by atoms with van der Waals surface area (Å²) >= 11 is 1.65. The van der Waals surface area contributed by atoms with Crippen molar-refractivity contribution in [2.24, 2.45) is 0 Å². The standard InChI is InChI=1S/C19H14N2S/c20-17-16-15(13-7-3-1-4-8-13)11-12-21-19(16)22-18(17)14-9-5-2-6-10-14/h1-12H,20H2. The number of pyridine rings is 1. The van der Waals surface area contributed by atoms with Gasteiger partial charge in [-0.25, -0.2) is 4.98 Å². The van der Waals surface area contributed by atoms with Gasteiger partial charge in [-0.15, -0.1) is 11.3 Å². The molecule has 4 aromatic rings. The molecule has 2 aromatic carbocycles. The van der Waals surface area contributed by atoms with Crippen LogP contribution in [-0.4, -0.2) is 4.98 Å². The number of benzene rings is 2. The molecule has 2 heterocycles. The van der Waals surface area contributed by atoms with Gasteiger partial charge in [-0.05, 0) is 22.8 Å². The molecule has 0 bridgehead atoms. The van der Waals surface area contributed by atoms with Crippen LogP contribution in [0.2, 0.25) is 0 Å². The Morgan fingerprint density at radius 1 is 0.773 bits per heavy atom. The van der Waals surface area contributed by atoms with Gasteiger partial charge in [-0.3, -0.25) is 0 Å². The molecule has 3 heteroatoms. The predicted octanol–water partition coefficient (Wildman–Crippen LogP) is 5.21. The van der Waals surface area contributed by atoms with E-state index < -0.39 is 0 Å². The molecule has 0 unspecified atom stereocenters. The summed E-state index contributed by atoms with van der Waals surface area (Å²) in [7, 11) is 0. The van der Waals surface area contributed by atoms with Crippen molar-refractivity contribution in [2.75, 3.05) is 5.73 Å². The Bertz CT molecular complexity index is 928. The highest BCUT2D eigenvalue weighted by atomic mass is 32.1. The van der Waals surface area contributed by atoms with Crippen molar-refractivity contribution < 1.29 is 0 Å². The average molecular weight is 302 g/mol. The van der Waals surface area contributed by atoms with Gasteiger partial charge in [-0.2, -0.15) is 0 Å². The lowest BCUT2D eigenvalue weighted by atomic mass is 10.0. The van der Waals surface area contributed by atoms with Crippen molar-refractivity contribution in [3.63, 3.8) is 0 Å². The molecule has 0 aliphatic rings. The van der Waals surface area contributed by atoms with Crippen LogP contribution in [0.5, 0.6) is 0 Å². The van der Waals surface area contributed by atoms with Crippen LogP contribution in [0.4, 0.5) is 5.69 Å². The SMILES string of the molecule is Nc1c(-c2ccccc2)sc2nccc(-c3ccccc3)c12. The molecule has 0 fully saturated rings. The fourth-order valence-electron chi connectivity index (χ4n) is 2.71. The van der Waals surface area contributed by atoms with Crippen LogP contribution in [-0.2, 0) is 0 Å². The van der Waals surface area contributed by atoms with Crippen LogP contribution >= 0.6 is 11.3 Å². The van der Waals surface area contributed by atoms with Crippen molar-refractivity contribution in [1.82, 2.24) is 4.98 Å². The summed E-state index contributed by atoms with van der Waals surface area (Å²) in [5, 5.41) is 1.05. The van der Waals surface area contributed by atoms with Gasteiger partial charge in [0.1, 0.15) is 4.83 Å². The first kappa shape index (κ1) is 13.0. The van der Waals surface area contributed by atoms with E-state index in [1.54, 1.807) is 11.3 Å². The lowest BCUT2D eigenvalue weighted by Gasteiger charge is -2.04. The van der Waals surface area contributed by atoms with E-state index in [1.807, 2.05) is 48.7 Å². The Balaban J connectivity index is 2.00. The van der Waals surface area contributed by atoms with E-state index in [1.165, 1.54) is 5.56 Å². The van der Waals surface area contributed by atoms with Gasteiger partial charge < -0.3 is 5.73 Å². The second kappa shape index (κ2) is 5.28. The summed E-state index contributed by atoms with van der Waals surface area (Å²) in [4.78, 5) is 6.59. The van der Waals surface area contributed by atoms with Crippen molar-refractivity contribution in [2.45, 2.75) is 0 Å². The van der Waals surface area contributed by atoms with Gasteiger partial charge in [0.25, 0.3) is 0 Å². The highest BCUT2D eigenvalue weighted by molar-refractivity contribution is 7.22. The zero-order valence-electron chi connectivity index (χ0n) is 11.9. The summed E-state index contributed by atoms with van der Waals surface area (Å²) < 4.78 is 0. The summed E-state index contributed by atoms with van der Waals surface area (Å²) in [6, 6.07) is 22.6. The Morgan fingerprint density at radius 2 is 1.41 bits per heavy atom. The number of fused-ring (bicyclic) bond motifs is 1. The van der Waals surface area contributed by atoms with Gasteiger partial charge in [0, 0.05) is 11.6 Å². The van der Waals surface area contributed by atoms with E-state index in [2.05, 4.69) is 29.2 Å². The molecule has 0 aliphatic carbocycles. The highest BCUT2D eigenvalue weighted by Crippen LogP contribution is 2.43. The van der Waals surface area contributed by atoms with Gasteiger partial charge in [-0.1, -0.05) is 60.7 Å². The second-order valence-corrected chi connectivity index (χ2v) is 6.11. The first-order valence-corrected chi connectivity index (χ1v) is 7.94. The van der Waals surface area contributed by atoms with Crippen molar-refractivity contribution in [1.29, 1.82) is 0 Å². The Kier molecular flexibility index (Phi) is 3.13. The molecule has 22 heavy (non-hydrogen) atoms. The predicted molar refractivity (Wildman–Crippen MR) is 94.9 cm³/mol. The topological polar surface area (TPSA) is 38.9 Å². The smallest absolute Gasteiger partial charge is 0.126 e. The first-order chi connectivity index (χ1) is 10.8. The lowest BCUT2D eigenvalue weighted by molar-refractivity contribution is 1.44. The van der Waals surface area contributed by atoms with Crippen LogP contribution in [0.25, 0.3) is 31.8 Å². The summed E-state index contributed by atoms with van der Waals surface area (Å²) in [6.45, 7) is 0. The first-order valence-electron chi connectivity index (χ1n) is 7.12. The van der Waals surface area contributed by atoms with Gasteiger partial charge in [0.05, 0.1) is 10.6 Å². The van der Waals surface area contributed by atoms with Gasteiger partial charge in [0.2, 0.25) is 0 Å². The summed E-state index contributed by atoms with van der Waals surface area (Å²) in [6.07, 6.45) is 1.86. The molecule has 0 amide bonds. The van der Waals surface area contributed by atoms with Crippen molar-refractivity contribution in [3.05, 3.63) is 72.9 Å². The van der Waals surface area contributed by atoms with Crippen LogP contribution in [0.3, 0.4) is 0 Å². The van der Waals surface area contributed by atoms with E-state index in [0.29, 0.717) is 0 Å². The number of aromatic nitrogens is 1. The van der Waals surface area contributed by atoms with Gasteiger partial charge in [0.15, 0.2) is 0 Å². The molecule has 106 valence electrons. The minimum Gasteiger partial charge on any atom is -0.397 e. The van der Waals surface area contributed by atoms with E-state index in [0.717, 1.165) is 31.9 Å². The molecule has 2 N–H and O–H groups in total. The molecule has 0 spiro atoms. The molecule has 2 aromatic heterocycles. The third-order valence-electron chi connectivity index (χ3n) is 3.75. The van der Waals surface area contributed by atoms with E-state index in [9.17, 15) is 0 Å². The maximum atomic E-state index is 6.48. The summed E-state index contributed by atoms with van der Waals surface area (Å²) in [5.74, 6) is 0. The van der Waals surface area contributed by atoms with E-state index >= 15 is 0 Å². The quantitative estimate of drug-likeness (QED) is 0.552. The molecule has 0 radical (unpaired) electrons. The Labute approximate surface area is 132 Å². The number of nitrogen functional groups attached to an aromatic ring is 1. The summed E-state index contributed by atoms with van der Waals surface area (Å²) in [5.41, 5.74) is 10.7. The number of nitrogens with two attached hydrogens (primary N) is 1. The molecule has 4 rings (SSSR count). The largest absolute Gasteiger partial charge is 0.397 e. The normalized spacial score (nSPS) is 10.9. The fraction of sp³-hybridized carbons (Fsp3) is 0. The number of thiophene rings is 1. The third kappa shape index (κ3) is 2.07. The molecular formula is C19H14N2S. The second-order valence-electron chi connectivity index (χ2n) is 5.12. The van der Waals surface area contributed by atoms with Crippen LogP contribution in [0.1, 0.15) is 0 Å². The number of anilines is 1. The van der Waals surface area contributed by atoms with E-state index in [-0.39, 0.29) is 0 Å². The molecule has 0 atom stereocenters. The third-order valence-corrected chi connectivity index (χ3v) is 4.91. The van der Waals surface area contributed by atoms with Gasteiger partial charge >= 0.3 is 0 Å². The van der Waals surface area contributed by atoms with Crippen LogP contribution in [0, 0.1) is 0 Å².